The van der Waals surface area contributed by atoms with E-state index in [0.717, 1.165) is 18.6 Å². The van der Waals surface area contributed by atoms with Gasteiger partial charge in [-0.2, -0.15) is 0 Å². The summed E-state index contributed by atoms with van der Waals surface area (Å²) in [6.07, 6.45) is 1.80. The Bertz CT molecular complexity index is 341. The van der Waals surface area contributed by atoms with Gasteiger partial charge in [0.05, 0.1) is 5.71 Å². The van der Waals surface area contributed by atoms with Crippen LogP contribution in [0.25, 0.3) is 0 Å². The van der Waals surface area contributed by atoms with E-state index in [1.807, 2.05) is 25.1 Å². The highest BCUT2D eigenvalue weighted by Crippen LogP contribution is 2.17. The molecule has 2 nitrogen and oxygen atoms in total. The van der Waals surface area contributed by atoms with Crippen LogP contribution in [-0.2, 0) is 11.3 Å². The van der Waals surface area contributed by atoms with E-state index in [0.29, 0.717) is 0 Å². The Morgan fingerprint density at radius 3 is 2.44 bits per heavy atom. The maximum atomic E-state index is 5.57. The van der Waals surface area contributed by atoms with Crippen molar-refractivity contribution in [1.82, 2.24) is 0 Å². The van der Waals surface area contributed by atoms with E-state index >= 15 is 0 Å². The van der Waals surface area contributed by atoms with Crippen LogP contribution in [0.15, 0.2) is 35.5 Å². The molecule has 2 heteroatoms. The van der Waals surface area contributed by atoms with Crippen LogP contribution in [0.1, 0.15) is 39.7 Å². The van der Waals surface area contributed by atoms with Crippen molar-refractivity contribution in [2.75, 3.05) is 0 Å². The summed E-state index contributed by atoms with van der Waals surface area (Å²) >= 11 is 0. The van der Waals surface area contributed by atoms with E-state index in [4.69, 9.17) is 4.84 Å². The van der Waals surface area contributed by atoms with Crippen LogP contribution >= 0.6 is 0 Å². The van der Waals surface area contributed by atoms with Crippen molar-refractivity contribution in [2.24, 2.45) is 5.16 Å². The van der Waals surface area contributed by atoms with Crippen LogP contribution in [0.4, 0.5) is 0 Å². The molecule has 0 fully saturated rings. The summed E-state index contributed by atoms with van der Waals surface area (Å²) in [4.78, 5) is 5.57. The summed E-state index contributed by atoms with van der Waals surface area (Å²) in [5, 5.41) is 4.13. The number of benzene rings is 1. The first kappa shape index (κ1) is 12.8. The number of nitrogens with zero attached hydrogens (tertiary/aromatic N) is 1. The standard InChI is InChI=1S/C14H21NO/c1-5-12(2)15-16-14(3,4)11-13-9-7-6-8-10-13/h6-10H,5,11H2,1-4H3/b15-12-. The van der Waals surface area contributed by atoms with Gasteiger partial charge in [-0.15, -0.1) is 0 Å². The number of hydrogen-bond donors (Lipinski definition) is 0. The molecule has 0 atom stereocenters. The summed E-state index contributed by atoms with van der Waals surface area (Å²) in [6.45, 7) is 8.18. The fourth-order valence-electron chi connectivity index (χ4n) is 1.39. The van der Waals surface area contributed by atoms with Gasteiger partial charge in [0.15, 0.2) is 0 Å². The first-order valence-electron chi connectivity index (χ1n) is 5.79. The van der Waals surface area contributed by atoms with Crippen LogP contribution in [0.5, 0.6) is 0 Å². The maximum Gasteiger partial charge on any atom is 0.136 e. The molecule has 1 aromatic rings. The summed E-state index contributed by atoms with van der Waals surface area (Å²) in [7, 11) is 0. The Hall–Kier alpha value is -1.31. The molecule has 88 valence electrons. The minimum absolute atomic E-state index is 0.252. The van der Waals surface area contributed by atoms with Gasteiger partial charge in [0.2, 0.25) is 0 Å². The van der Waals surface area contributed by atoms with Crippen LogP contribution in [0.3, 0.4) is 0 Å². The fraction of sp³-hybridized carbons (Fsp3) is 0.500. The number of hydrogen-bond acceptors (Lipinski definition) is 2. The lowest BCUT2D eigenvalue weighted by molar-refractivity contribution is -0.0141. The molecule has 1 rings (SSSR count). The van der Waals surface area contributed by atoms with Gasteiger partial charge in [0, 0.05) is 6.42 Å². The molecule has 0 spiro atoms. The highest BCUT2D eigenvalue weighted by Gasteiger charge is 2.20. The van der Waals surface area contributed by atoms with Crippen molar-refractivity contribution in [3.8, 4) is 0 Å². The fourth-order valence-corrected chi connectivity index (χ4v) is 1.39. The Morgan fingerprint density at radius 2 is 1.88 bits per heavy atom. The molecule has 0 N–H and O–H groups in total. The van der Waals surface area contributed by atoms with Gasteiger partial charge in [0.25, 0.3) is 0 Å². The quantitative estimate of drug-likeness (QED) is 0.545. The first-order chi connectivity index (χ1) is 7.53. The summed E-state index contributed by atoms with van der Waals surface area (Å²) in [5.74, 6) is 0. The Balaban J connectivity index is 2.58. The molecule has 0 amide bonds. The van der Waals surface area contributed by atoms with Gasteiger partial charge in [0.1, 0.15) is 5.60 Å². The Kier molecular flexibility index (Phi) is 4.53. The van der Waals surface area contributed by atoms with Crippen LogP contribution in [-0.4, -0.2) is 11.3 Å². The molecule has 0 saturated heterocycles. The third kappa shape index (κ3) is 4.47. The monoisotopic (exact) mass is 219 g/mol. The van der Waals surface area contributed by atoms with Crippen LogP contribution < -0.4 is 0 Å². The normalized spacial score (nSPS) is 12.6. The highest BCUT2D eigenvalue weighted by molar-refractivity contribution is 5.80. The van der Waals surface area contributed by atoms with Crippen LogP contribution in [0.2, 0.25) is 0 Å². The second-order valence-corrected chi connectivity index (χ2v) is 4.69. The zero-order valence-corrected chi connectivity index (χ0v) is 10.7. The highest BCUT2D eigenvalue weighted by atomic mass is 16.6. The molecule has 0 bridgehead atoms. The molecule has 0 radical (unpaired) electrons. The smallest absolute Gasteiger partial charge is 0.136 e. The third-order valence-corrected chi connectivity index (χ3v) is 2.43. The molecular formula is C14H21NO. The van der Waals surface area contributed by atoms with Crippen molar-refractivity contribution in [3.05, 3.63) is 35.9 Å². The summed E-state index contributed by atoms with van der Waals surface area (Å²) in [5.41, 5.74) is 2.05. The van der Waals surface area contributed by atoms with E-state index in [2.05, 4.69) is 38.1 Å². The summed E-state index contributed by atoms with van der Waals surface area (Å²) in [6, 6.07) is 10.3. The predicted molar refractivity (Wildman–Crippen MR) is 68.7 cm³/mol. The SMILES string of the molecule is CC/C(C)=N\OC(C)(C)Cc1ccccc1. The Morgan fingerprint density at radius 1 is 1.25 bits per heavy atom. The minimum atomic E-state index is -0.252. The number of rotatable bonds is 5. The molecule has 16 heavy (non-hydrogen) atoms. The average molecular weight is 219 g/mol. The molecule has 1 aromatic carbocycles. The largest absolute Gasteiger partial charge is 0.390 e. The first-order valence-corrected chi connectivity index (χ1v) is 5.79. The molecule has 0 saturated carbocycles. The lowest BCUT2D eigenvalue weighted by Crippen LogP contribution is -2.25. The lowest BCUT2D eigenvalue weighted by Gasteiger charge is -2.22. The molecule has 0 aliphatic rings. The van der Waals surface area contributed by atoms with Gasteiger partial charge >= 0.3 is 0 Å². The van der Waals surface area contributed by atoms with E-state index in [9.17, 15) is 0 Å². The van der Waals surface area contributed by atoms with Gasteiger partial charge < -0.3 is 4.84 Å². The lowest BCUT2D eigenvalue weighted by atomic mass is 9.99. The van der Waals surface area contributed by atoms with E-state index in [-0.39, 0.29) is 5.60 Å². The predicted octanol–water partition coefficient (Wildman–Crippen LogP) is 3.81. The zero-order chi connectivity index (χ0) is 12.0. The molecule has 0 aliphatic heterocycles. The van der Waals surface area contributed by atoms with Crippen molar-refractivity contribution in [2.45, 2.75) is 46.1 Å². The molecule has 0 heterocycles. The van der Waals surface area contributed by atoms with E-state index in [1.165, 1.54) is 5.56 Å². The molecule has 0 aliphatic carbocycles. The number of oxime groups is 1. The topological polar surface area (TPSA) is 21.6 Å². The second kappa shape index (κ2) is 5.69. The molecular weight excluding hydrogens is 198 g/mol. The van der Waals surface area contributed by atoms with Crippen molar-refractivity contribution in [3.63, 3.8) is 0 Å². The zero-order valence-electron chi connectivity index (χ0n) is 10.7. The third-order valence-electron chi connectivity index (χ3n) is 2.43. The molecule has 0 aromatic heterocycles. The van der Waals surface area contributed by atoms with Gasteiger partial charge in [-0.05, 0) is 32.8 Å². The molecule has 0 unspecified atom stereocenters. The van der Waals surface area contributed by atoms with Gasteiger partial charge in [-0.25, -0.2) is 0 Å². The summed E-state index contributed by atoms with van der Waals surface area (Å²) < 4.78 is 0. The second-order valence-electron chi connectivity index (χ2n) is 4.69. The van der Waals surface area contributed by atoms with Gasteiger partial charge in [-0.1, -0.05) is 42.4 Å². The van der Waals surface area contributed by atoms with E-state index in [1.54, 1.807) is 0 Å². The van der Waals surface area contributed by atoms with Gasteiger partial charge in [-0.3, -0.25) is 0 Å². The van der Waals surface area contributed by atoms with E-state index < -0.39 is 0 Å². The van der Waals surface area contributed by atoms with Crippen molar-refractivity contribution in [1.29, 1.82) is 0 Å². The van der Waals surface area contributed by atoms with Crippen LogP contribution in [0, 0.1) is 0 Å². The minimum Gasteiger partial charge on any atom is -0.390 e. The Labute approximate surface area is 98.3 Å². The maximum absolute atomic E-state index is 5.57. The average Bonchev–Trinajstić information content (AvgIpc) is 2.27. The van der Waals surface area contributed by atoms with Crippen molar-refractivity contribution >= 4 is 5.71 Å². The van der Waals surface area contributed by atoms with Crippen molar-refractivity contribution < 1.29 is 4.84 Å².